The molecule has 0 atom stereocenters. The Bertz CT molecular complexity index is 745. The third kappa shape index (κ3) is 3.27. The number of rotatable bonds is 4. The zero-order valence-electron chi connectivity index (χ0n) is 14.3. The van der Waals surface area contributed by atoms with Gasteiger partial charge < -0.3 is 14.8 Å². The highest BCUT2D eigenvalue weighted by molar-refractivity contribution is 5.97. The number of carbonyl (C=O) groups is 2. The van der Waals surface area contributed by atoms with E-state index in [-0.39, 0.29) is 11.8 Å². The molecular formula is C18H24N4O2. The second-order valence-electron chi connectivity index (χ2n) is 6.19. The summed E-state index contributed by atoms with van der Waals surface area (Å²) in [6, 6.07) is 5.59. The van der Waals surface area contributed by atoms with Crippen LogP contribution in [0, 0.1) is 0 Å². The van der Waals surface area contributed by atoms with Crippen molar-refractivity contribution in [3.63, 3.8) is 0 Å². The normalized spacial score (nSPS) is 15.1. The molecule has 0 bridgehead atoms. The van der Waals surface area contributed by atoms with Crippen LogP contribution in [0.3, 0.4) is 0 Å². The van der Waals surface area contributed by atoms with Crippen LogP contribution >= 0.6 is 0 Å². The van der Waals surface area contributed by atoms with Gasteiger partial charge in [0.2, 0.25) is 5.91 Å². The van der Waals surface area contributed by atoms with Gasteiger partial charge in [0.25, 0.3) is 5.91 Å². The standard InChI is InChI=1S/C18H24N4O2/c1-3-5-17(23)21-8-10-22(11-9-21)18(24)13-6-7-14-15(12-13)20-16(4-2)19-14/h6-7,12H,3-5,8-11H2,1-2H3,(H,19,20). The third-order valence-electron chi connectivity index (χ3n) is 4.50. The van der Waals surface area contributed by atoms with Crippen molar-refractivity contribution in [1.29, 1.82) is 0 Å². The molecule has 1 aromatic carbocycles. The number of aromatic amines is 1. The van der Waals surface area contributed by atoms with Gasteiger partial charge in [0.05, 0.1) is 11.0 Å². The number of fused-ring (bicyclic) bond motifs is 1. The zero-order chi connectivity index (χ0) is 17.1. The Morgan fingerprint density at radius 3 is 2.50 bits per heavy atom. The lowest BCUT2D eigenvalue weighted by molar-refractivity contribution is -0.132. The van der Waals surface area contributed by atoms with Crippen LogP contribution in [0.5, 0.6) is 0 Å². The minimum atomic E-state index is 0.0205. The van der Waals surface area contributed by atoms with Gasteiger partial charge in [-0.05, 0) is 24.6 Å². The predicted molar refractivity (Wildman–Crippen MR) is 92.9 cm³/mol. The van der Waals surface area contributed by atoms with Crippen LogP contribution in [-0.4, -0.2) is 57.8 Å². The van der Waals surface area contributed by atoms with Gasteiger partial charge in [0.15, 0.2) is 0 Å². The second-order valence-corrected chi connectivity index (χ2v) is 6.19. The molecule has 0 radical (unpaired) electrons. The van der Waals surface area contributed by atoms with E-state index in [1.807, 2.05) is 41.8 Å². The van der Waals surface area contributed by atoms with Crippen LogP contribution in [0.4, 0.5) is 0 Å². The third-order valence-corrected chi connectivity index (χ3v) is 4.50. The fraction of sp³-hybridized carbons (Fsp3) is 0.500. The van der Waals surface area contributed by atoms with Gasteiger partial charge in [0, 0.05) is 44.6 Å². The number of aryl methyl sites for hydroxylation is 1. The highest BCUT2D eigenvalue weighted by atomic mass is 16.2. The molecule has 1 aliphatic rings. The van der Waals surface area contributed by atoms with Gasteiger partial charge in [0.1, 0.15) is 5.82 Å². The molecular weight excluding hydrogens is 304 g/mol. The first-order chi connectivity index (χ1) is 11.6. The smallest absolute Gasteiger partial charge is 0.254 e. The highest BCUT2D eigenvalue weighted by Gasteiger charge is 2.24. The van der Waals surface area contributed by atoms with Crippen molar-refractivity contribution < 1.29 is 9.59 Å². The van der Waals surface area contributed by atoms with Crippen molar-refractivity contribution in [3.05, 3.63) is 29.6 Å². The molecule has 0 spiro atoms. The summed E-state index contributed by atoms with van der Waals surface area (Å²) in [5.74, 6) is 1.14. The maximum atomic E-state index is 12.7. The summed E-state index contributed by atoms with van der Waals surface area (Å²) in [7, 11) is 0. The molecule has 3 rings (SSSR count). The van der Waals surface area contributed by atoms with E-state index < -0.39 is 0 Å². The number of nitrogens with one attached hydrogen (secondary N) is 1. The van der Waals surface area contributed by atoms with Crippen molar-refractivity contribution in [2.24, 2.45) is 0 Å². The van der Waals surface area contributed by atoms with Crippen molar-refractivity contribution in [2.45, 2.75) is 33.1 Å². The molecule has 0 aliphatic carbocycles. The van der Waals surface area contributed by atoms with E-state index >= 15 is 0 Å². The average molecular weight is 328 g/mol. The molecule has 0 unspecified atom stereocenters. The SMILES string of the molecule is CCCC(=O)N1CCN(C(=O)c2ccc3nc(CC)[nH]c3c2)CC1. The van der Waals surface area contributed by atoms with Crippen LogP contribution in [0.25, 0.3) is 11.0 Å². The van der Waals surface area contributed by atoms with Crippen molar-refractivity contribution in [1.82, 2.24) is 19.8 Å². The van der Waals surface area contributed by atoms with E-state index in [1.165, 1.54) is 0 Å². The molecule has 1 aliphatic heterocycles. The maximum Gasteiger partial charge on any atom is 0.254 e. The fourth-order valence-corrected chi connectivity index (χ4v) is 3.08. The van der Waals surface area contributed by atoms with Gasteiger partial charge in [-0.15, -0.1) is 0 Å². The number of benzene rings is 1. The lowest BCUT2D eigenvalue weighted by Gasteiger charge is -2.34. The summed E-state index contributed by atoms with van der Waals surface area (Å²) in [4.78, 5) is 36.0. The largest absolute Gasteiger partial charge is 0.342 e. The van der Waals surface area contributed by atoms with E-state index in [0.717, 1.165) is 29.7 Å². The molecule has 6 heteroatoms. The summed E-state index contributed by atoms with van der Waals surface area (Å²) in [6.07, 6.45) is 2.29. The Hall–Kier alpha value is -2.37. The topological polar surface area (TPSA) is 69.3 Å². The van der Waals surface area contributed by atoms with Gasteiger partial charge in [-0.25, -0.2) is 4.98 Å². The van der Waals surface area contributed by atoms with Gasteiger partial charge in [-0.1, -0.05) is 13.8 Å². The number of carbonyl (C=O) groups excluding carboxylic acids is 2. The number of hydrogen-bond acceptors (Lipinski definition) is 3. The number of hydrogen-bond donors (Lipinski definition) is 1. The molecule has 24 heavy (non-hydrogen) atoms. The highest BCUT2D eigenvalue weighted by Crippen LogP contribution is 2.17. The molecule has 1 aromatic heterocycles. The maximum absolute atomic E-state index is 12.7. The Kier molecular flexibility index (Phi) is 4.83. The molecule has 1 N–H and O–H groups in total. The van der Waals surface area contributed by atoms with Crippen LogP contribution in [0.1, 0.15) is 42.9 Å². The summed E-state index contributed by atoms with van der Waals surface area (Å²) in [6.45, 7) is 6.48. The van der Waals surface area contributed by atoms with Crippen molar-refractivity contribution in [3.8, 4) is 0 Å². The van der Waals surface area contributed by atoms with Crippen LogP contribution in [0.15, 0.2) is 18.2 Å². The van der Waals surface area contributed by atoms with Crippen molar-refractivity contribution in [2.75, 3.05) is 26.2 Å². The molecule has 128 valence electrons. The summed E-state index contributed by atoms with van der Waals surface area (Å²) in [5, 5.41) is 0. The molecule has 2 aromatic rings. The van der Waals surface area contributed by atoms with Gasteiger partial charge in [-0.3, -0.25) is 9.59 Å². The van der Waals surface area contributed by atoms with Crippen LogP contribution in [-0.2, 0) is 11.2 Å². The van der Waals surface area contributed by atoms with E-state index in [4.69, 9.17) is 0 Å². The molecule has 2 heterocycles. The Labute approximate surface area is 141 Å². The van der Waals surface area contributed by atoms with Gasteiger partial charge >= 0.3 is 0 Å². The number of imidazole rings is 1. The summed E-state index contributed by atoms with van der Waals surface area (Å²) in [5.41, 5.74) is 2.45. The predicted octanol–water partition coefficient (Wildman–Crippen LogP) is 2.21. The number of aromatic nitrogens is 2. The number of piperazine rings is 1. The number of amides is 2. The molecule has 1 fully saturated rings. The lowest BCUT2D eigenvalue weighted by Crippen LogP contribution is -2.50. The zero-order valence-corrected chi connectivity index (χ0v) is 14.3. The first-order valence-electron chi connectivity index (χ1n) is 8.68. The first kappa shape index (κ1) is 16.5. The number of H-pyrrole nitrogens is 1. The van der Waals surface area contributed by atoms with E-state index in [2.05, 4.69) is 9.97 Å². The van der Waals surface area contributed by atoms with E-state index in [9.17, 15) is 9.59 Å². The number of nitrogens with zero attached hydrogens (tertiary/aromatic N) is 3. The Morgan fingerprint density at radius 2 is 1.83 bits per heavy atom. The molecule has 1 saturated heterocycles. The van der Waals surface area contributed by atoms with Crippen molar-refractivity contribution >= 4 is 22.8 Å². The quantitative estimate of drug-likeness (QED) is 0.935. The van der Waals surface area contributed by atoms with E-state index in [1.54, 1.807) is 0 Å². The minimum absolute atomic E-state index is 0.0205. The average Bonchev–Trinajstić information content (AvgIpc) is 3.03. The summed E-state index contributed by atoms with van der Waals surface area (Å²) < 4.78 is 0. The van der Waals surface area contributed by atoms with Crippen LogP contribution in [0.2, 0.25) is 0 Å². The minimum Gasteiger partial charge on any atom is -0.342 e. The fourth-order valence-electron chi connectivity index (χ4n) is 3.08. The molecule has 6 nitrogen and oxygen atoms in total. The summed E-state index contributed by atoms with van der Waals surface area (Å²) >= 11 is 0. The first-order valence-corrected chi connectivity index (χ1v) is 8.68. The van der Waals surface area contributed by atoms with Gasteiger partial charge in [-0.2, -0.15) is 0 Å². The Morgan fingerprint density at radius 1 is 1.12 bits per heavy atom. The second kappa shape index (κ2) is 7.03. The van der Waals surface area contributed by atoms with E-state index in [0.29, 0.717) is 38.2 Å². The Balaban J connectivity index is 1.68. The molecule has 0 saturated carbocycles. The monoisotopic (exact) mass is 328 g/mol. The van der Waals surface area contributed by atoms with Crippen LogP contribution < -0.4 is 0 Å². The molecule has 2 amide bonds. The lowest BCUT2D eigenvalue weighted by atomic mass is 10.1.